The maximum Gasteiger partial charge on any atom is 0.228 e. The fourth-order valence-corrected chi connectivity index (χ4v) is 7.16. The number of hydrogen-bond acceptors (Lipinski definition) is 8. The van der Waals surface area contributed by atoms with Gasteiger partial charge in [0.05, 0.1) is 29.4 Å². The second kappa shape index (κ2) is 7.42. The average molecular weight is 460 g/mol. The van der Waals surface area contributed by atoms with Gasteiger partial charge in [0, 0.05) is 29.9 Å². The van der Waals surface area contributed by atoms with E-state index in [0.29, 0.717) is 30.1 Å². The lowest BCUT2D eigenvalue weighted by Crippen LogP contribution is -2.52. The smallest absolute Gasteiger partial charge is 0.228 e. The minimum absolute atomic E-state index is 0.0143. The SMILES string of the molecule is CC1(C)C(O)c2cc(NC3NN([C@@H](CC#N)C4CC4)C4CCNC(=O)C34)ccc2S1(=O)=O. The van der Waals surface area contributed by atoms with Gasteiger partial charge < -0.3 is 15.7 Å². The van der Waals surface area contributed by atoms with E-state index in [-0.39, 0.29) is 28.8 Å². The van der Waals surface area contributed by atoms with Crippen LogP contribution < -0.4 is 16.1 Å². The van der Waals surface area contributed by atoms with Crippen LogP contribution in [0.4, 0.5) is 5.69 Å². The maximum absolute atomic E-state index is 12.8. The highest BCUT2D eigenvalue weighted by atomic mass is 32.2. The molecule has 1 aromatic carbocycles. The molecule has 0 aromatic heterocycles. The van der Waals surface area contributed by atoms with Crippen LogP contribution in [0.2, 0.25) is 0 Å². The van der Waals surface area contributed by atoms with E-state index in [1.54, 1.807) is 12.1 Å². The fourth-order valence-electron chi connectivity index (χ4n) is 5.45. The first-order valence-electron chi connectivity index (χ1n) is 11.2. The van der Waals surface area contributed by atoms with E-state index in [9.17, 15) is 23.6 Å². The molecule has 3 heterocycles. The van der Waals surface area contributed by atoms with E-state index in [1.807, 2.05) is 0 Å². The average Bonchev–Trinajstić information content (AvgIpc) is 3.51. The third kappa shape index (κ3) is 3.14. The van der Waals surface area contributed by atoms with Crippen molar-refractivity contribution < 1.29 is 18.3 Å². The molecule has 32 heavy (non-hydrogen) atoms. The molecule has 0 bridgehead atoms. The first-order valence-corrected chi connectivity index (χ1v) is 12.7. The highest BCUT2D eigenvalue weighted by Crippen LogP contribution is 2.47. The third-order valence-corrected chi connectivity index (χ3v) is 10.1. The molecular formula is C22H29N5O4S. The summed E-state index contributed by atoms with van der Waals surface area (Å²) in [6.07, 6.45) is 1.87. The number of fused-ring (bicyclic) bond motifs is 2. The summed E-state index contributed by atoms with van der Waals surface area (Å²) >= 11 is 0. The van der Waals surface area contributed by atoms with Crippen molar-refractivity contribution in [2.45, 2.75) is 73.5 Å². The van der Waals surface area contributed by atoms with Crippen LogP contribution in [-0.4, -0.2) is 54.0 Å². The van der Waals surface area contributed by atoms with E-state index in [4.69, 9.17) is 0 Å². The maximum atomic E-state index is 12.8. The quantitative estimate of drug-likeness (QED) is 0.513. The van der Waals surface area contributed by atoms with E-state index >= 15 is 0 Å². The predicted octanol–water partition coefficient (Wildman–Crippen LogP) is 1.04. The number of nitriles is 1. The van der Waals surface area contributed by atoms with Crippen molar-refractivity contribution in [2.75, 3.05) is 11.9 Å². The van der Waals surface area contributed by atoms with Crippen molar-refractivity contribution >= 4 is 21.4 Å². The largest absolute Gasteiger partial charge is 0.387 e. The van der Waals surface area contributed by atoms with Gasteiger partial charge in [-0.1, -0.05) is 0 Å². The van der Waals surface area contributed by atoms with Crippen LogP contribution in [0.15, 0.2) is 23.1 Å². The molecule has 5 rings (SSSR count). The first kappa shape index (κ1) is 21.6. The summed E-state index contributed by atoms with van der Waals surface area (Å²) in [4.78, 5) is 12.9. The Balaban J connectivity index is 1.44. The number of aliphatic hydroxyl groups is 1. The minimum Gasteiger partial charge on any atom is -0.387 e. The Hall–Kier alpha value is -2.19. The number of rotatable bonds is 5. The van der Waals surface area contributed by atoms with E-state index in [0.717, 1.165) is 19.3 Å². The topological polar surface area (TPSA) is 135 Å². The number of piperidine rings is 1. The molecule has 4 aliphatic rings. The van der Waals surface area contributed by atoms with Gasteiger partial charge in [-0.05, 0) is 57.2 Å². The third-order valence-electron chi connectivity index (χ3n) is 7.55. The molecule has 2 saturated heterocycles. The highest BCUT2D eigenvalue weighted by Gasteiger charge is 2.53. The molecule has 3 fully saturated rings. The lowest BCUT2D eigenvalue weighted by molar-refractivity contribution is -0.128. The van der Waals surface area contributed by atoms with Gasteiger partial charge in [0.15, 0.2) is 9.84 Å². The second-order valence-electron chi connectivity index (χ2n) is 9.86. The van der Waals surface area contributed by atoms with Crippen LogP contribution in [0, 0.1) is 23.2 Å². The normalized spacial score (nSPS) is 33.6. The van der Waals surface area contributed by atoms with Gasteiger partial charge in [0.1, 0.15) is 10.9 Å². The van der Waals surface area contributed by atoms with Gasteiger partial charge in [0.2, 0.25) is 5.91 Å². The molecule has 1 aliphatic carbocycles. The molecule has 0 radical (unpaired) electrons. The Morgan fingerprint density at radius 1 is 1.34 bits per heavy atom. The van der Waals surface area contributed by atoms with Gasteiger partial charge in [-0.25, -0.2) is 18.9 Å². The molecule has 5 atom stereocenters. The molecule has 3 aliphatic heterocycles. The van der Waals surface area contributed by atoms with Crippen molar-refractivity contribution in [3.8, 4) is 6.07 Å². The van der Waals surface area contributed by atoms with Crippen LogP contribution in [0.25, 0.3) is 0 Å². The number of nitrogens with one attached hydrogen (secondary N) is 3. The molecule has 1 aromatic rings. The Morgan fingerprint density at radius 2 is 2.09 bits per heavy atom. The Morgan fingerprint density at radius 3 is 2.78 bits per heavy atom. The molecule has 172 valence electrons. The van der Waals surface area contributed by atoms with Crippen LogP contribution in [0.1, 0.15) is 51.2 Å². The molecule has 0 spiro atoms. The number of hydrazine groups is 1. The van der Waals surface area contributed by atoms with Gasteiger partial charge in [-0.3, -0.25) is 4.79 Å². The van der Waals surface area contributed by atoms with Crippen LogP contribution >= 0.6 is 0 Å². The summed E-state index contributed by atoms with van der Waals surface area (Å²) < 4.78 is 24.3. The molecule has 10 heteroatoms. The van der Waals surface area contributed by atoms with Crippen molar-refractivity contribution in [2.24, 2.45) is 11.8 Å². The Labute approximate surface area is 188 Å². The summed E-state index contributed by atoms with van der Waals surface area (Å²) in [7, 11) is -3.63. The van der Waals surface area contributed by atoms with Crippen molar-refractivity contribution in [3.05, 3.63) is 23.8 Å². The summed E-state index contributed by atoms with van der Waals surface area (Å²) in [5, 5.41) is 28.5. The van der Waals surface area contributed by atoms with E-state index < -0.39 is 26.9 Å². The molecule has 4 unspecified atom stereocenters. The van der Waals surface area contributed by atoms with Crippen molar-refractivity contribution in [1.29, 1.82) is 5.26 Å². The van der Waals surface area contributed by atoms with Crippen molar-refractivity contribution in [3.63, 3.8) is 0 Å². The lowest BCUT2D eigenvalue weighted by Gasteiger charge is -2.34. The zero-order valence-corrected chi connectivity index (χ0v) is 19.0. The number of amides is 1. The number of sulfone groups is 1. The van der Waals surface area contributed by atoms with Crippen LogP contribution in [0.3, 0.4) is 0 Å². The van der Waals surface area contributed by atoms with E-state index in [1.165, 1.54) is 19.9 Å². The monoisotopic (exact) mass is 459 g/mol. The van der Waals surface area contributed by atoms with Gasteiger partial charge in [0.25, 0.3) is 0 Å². The Bertz CT molecular complexity index is 1090. The molecule has 1 saturated carbocycles. The summed E-state index contributed by atoms with van der Waals surface area (Å²) in [5.41, 5.74) is 4.47. The summed E-state index contributed by atoms with van der Waals surface area (Å²) in [6, 6.07) is 7.22. The number of benzene rings is 1. The molecular weight excluding hydrogens is 430 g/mol. The van der Waals surface area contributed by atoms with Crippen LogP contribution in [0.5, 0.6) is 0 Å². The highest BCUT2D eigenvalue weighted by molar-refractivity contribution is 7.93. The standard InChI is InChI=1S/C22H29N5O4S/c1-22(2)19(28)14-11-13(5-6-17(14)32(22,30)31)25-20-18-16(8-10-24-21(18)29)27(26-20)15(7-9-23)12-3-4-12/h5-6,11-12,15-16,18-20,25-26,28H,3-4,7-8,10H2,1-2H3,(H,24,29)/t15-,16?,18?,19?,20?/m0/s1. The number of carbonyl (C=O) groups is 1. The zero-order valence-electron chi connectivity index (χ0n) is 18.2. The minimum atomic E-state index is -3.63. The number of nitrogens with zero attached hydrogens (tertiary/aromatic N) is 2. The molecule has 1 amide bonds. The first-order chi connectivity index (χ1) is 15.2. The Kier molecular flexibility index (Phi) is 5.02. The van der Waals surface area contributed by atoms with E-state index in [2.05, 4.69) is 27.1 Å². The van der Waals surface area contributed by atoms with Crippen molar-refractivity contribution in [1.82, 2.24) is 15.8 Å². The number of anilines is 1. The van der Waals surface area contributed by atoms with Gasteiger partial charge >= 0.3 is 0 Å². The molecule has 9 nitrogen and oxygen atoms in total. The fraction of sp³-hybridized carbons (Fsp3) is 0.636. The predicted molar refractivity (Wildman–Crippen MR) is 117 cm³/mol. The number of hydrogen-bond donors (Lipinski definition) is 4. The summed E-state index contributed by atoms with van der Waals surface area (Å²) in [5.74, 6) is 0.0846. The van der Waals surface area contributed by atoms with Gasteiger partial charge in [-0.2, -0.15) is 5.26 Å². The second-order valence-corrected chi connectivity index (χ2v) is 12.4. The zero-order chi connectivity index (χ0) is 22.8. The van der Waals surface area contributed by atoms with Gasteiger partial charge in [-0.15, -0.1) is 0 Å². The lowest BCUT2D eigenvalue weighted by atomic mass is 9.90. The molecule has 4 N–H and O–H groups in total. The number of aliphatic hydroxyl groups excluding tert-OH is 1. The van der Waals surface area contributed by atoms with Crippen LogP contribution in [-0.2, 0) is 14.6 Å². The summed E-state index contributed by atoms with van der Waals surface area (Å²) in [6.45, 7) is 3.66. The number of carbonyl (C=O) groups excluding carboxylic acids is 1.